The van der Waals surface area contributed by atoms with Gasteiger partial charge in [-0.15, -0.1) is 0 Å². The summed E-state index contributed by atoms with van der Waals surface area (Å²) in [6.45, 7) is 16.4. The lowest BCUT2D eigenvalue weighted by Crippen LogP contribution is -1.91. The third-order valence-corrected chi connectivity index (χ3v) is 1.48. The second-order valence-corrected chi connectivity index (χ2v) is 2.74. The van der Waals surface area contributed by atoms with Crippen LogP contribution < -0.4 is 0 Å². The molecule has 1 aromatic heterocycles. The van der Waals surface area contributed by atoms with E-state index in [0.29, 0.717) is 0 Å². The van der Waals surface area contributed by atoms with Crippen LogP contribution in [-0.4, -0.2) is 9.78 Å². The molecular formula is C13H30N2. The summed E-state index contributed by atoms with van der Waals surface area (Å²) in [5, 5.41) is 4.03. The van der Waals surface area contributed by atoms with Crippen LogP contribution in [0.15, 0.2) is 6.20 Å². The van der Waals surface area contributed by atoms with Gasteiger partial charge in [-0.05, 0) is 19.4 Å². The fourth-order valence-corrected chi connectivity index (χ4v) is 0.608. The minimum atomic E-state index is 1.24. The van der Waals surface area contributed by atoms with Crippen molar-refractivity contribution < 1.29 is 0 Å². The van der Waals surface area contributed by atoms with E-state index in [1.807, 2.05) is 45.6 Å². The molecule has 1 heterocycles. The summed E-state index contributed by atoms with van der Waals surface area (Å²) in [6.07, 6.45) is 3.12. The first kappa shape index (κ1) is 19.7. The summed E-state index contributed by atoms with van der Waals surface area (Å²) < 4.78 is 1.87. The summed E-state index contributed by atoms with van der Waals surface area (Å²) in [5.74, 6) is 0. The van der Waals surface area contributed by atoms with Crippen molar-refractivity contribution in [3.8, 4) is 0 Å². The predicted octanol–water partition coefficient (Wildman–Crippen LogP) is 4.51. The van der Waals surface area contributed by atoms with Crippen LogP contribution in [0.4, 0.5) is 0 Å². The molecule has 0 spiro atoms. The SMILES string of the molecule is CC.CC.CCC.Cc1cnn(C)c1C. The summed E-state index contributed by atoms with van der Waals surface area (Å²) in [7, 11) is 1.95. The van der Waals surface area contributed by atoms with E-state index in [1.54, 1.807) is 0 Å². The quantitative estimate of drug-likeness (QED) is 0.621. The molecule has 1 rings (SSSR count). The molecule has 1 aromatic rings. The van der Waals surface area contributed by atoms with Gasteiger partial charge in [-0.3, -0.25) is 4.68 Å². The van der Waals surface area contributed by atoms with Crippen LogP contribution in [0, 0.1) is 13.8 Å². The molecule has 92 valence electrons. The zero-order valence-corrected chi connectivity index (χ0v) is 12.2. The molecule has 0 aromatic carbocycles. The van der Waals surface area contributed by atoms with Gasteiger partial charge in [0.15, 0.2) is 0 Å². The fourth-order valence-electron chi connectivity index (χ4n) is 0.608. The van der Waals surface area contributed by atoms with Gasteiger partial charge in [0.25, 0.3) is 0 Å². The number of nitrogens with zero attached hydrogens (tertiary/aromatic N) is 2. The van der Waals surface area contributed by atoms with Crippen molar-refractivity contribution in [1.29, 1.82) is 0 Å². The Morgan fingerprint density at radius 1 is 1.07 bits per heavy atom. The van der Waals surface area contributed by atoms with Crippen molar-refractivity contribution in [2.24, 2.45) is 7.05 Å². The zero-order valence-electron chi connectivity index (χ0n) is 12.2. The standard InChI is InChI=1S/C6H10N2.C3H8.2C2H6/c1-5-4-7-8(3)6(5)2;1-3-2;2*1-2/h4H,1-3H3;3H2,1-2H3;2*1-2H3. The lowest BCUT2D eigenvalue weighted by Gasteiger charge is -1.90. The average molecular weight is 214 g/mol. The van der Waals surface area contributed by atoms with E-state index in [-0.39, 0.29) is 0 Å². The number of aromatic nitrogens is 2. The number of hydrogen-bond acceptors (Lipinski definition) is 1. The first-order chi connectivity index (χ1) is 7.13. The highest BCUT2D eigenvalue weighted by molar-refractivity contribution is 5.12. The molecule has 15 heavy (non-hydrogen) atoms. The van der Waals surface area contributed by atoms with Gasteiger partial charge in [0, 0.05) is 12.7 Å². The smallest absolute Gasteiger partial charge is 0.0521 e. The molecule has 0 atom stereocenters. The van der Waals surface area contributed by atoms with Crippen LogP contribution in [-0.2, 0) is 7.05 Å². The van der Waals surface area contributed by atoms with Gasteiger partial charge in [-0.2, -0.15) is 5.10 Å². The minimum Gasteiger partial charge on any atom is -0.273 e. The Morgan fingerprint density at radius 2 is 1.40 bits per heavy atom. The molecule has 2 heteroatoms. The van der Waals surface area contributed by atoms with Crippen molar-refractivity contribution in [2.45, 2.75) is 61.8 Å². The van der Waals surface area contributed by atoms with Gasteiger partial charge < -0.3 is 0 Å². The van der Waals surface area contributed by atoms with E-state index in [0.717, 1.165) is 0 Å². The maximum atomic E-state index is 4.03. The lowest BCUT2D eigenvalue weighted by molar-refractivity contribution is 0.739. The molecule has 0 saturated heterocycles. The predicted molar refractivity (Wildman–Crippen MR) is 71.3 cm³/mol. The Hall–Kier alpha value is -0.790. The van der Waals surface area contributed by atoms with Crippen LogP contribution >= 0.6 is 0 Å². The average Bonchev–Trinajstić information content (AvgIpc) is 2.57. The van der Waals surface area contributed by atoms with Crippen LogP contribution in [0.25, 0.3) is 0 Å². The normalized spacial score (nSPS) is 7.27. The summed E-state index contributed by atoms with van der Waals surface area (Å²) in [6, 6.07) is 0. The van der Waals surface area contributed by atoms with E-state index < -0.39 is 0 Å². The molecule has 0 radical (unpaired) electrons. The van der Waals surface area contributed by atoms with E-state index in [1.165, 1.54) is 17.7 Å². The maximum absolute atomic E-state index is 4.03. The summed E-state index contributed by atoms with van der Waals surface area (Å²) in [4.78, 5) is 0. The van der Waals surface area contributed by atoms with Crippen LogP contribution in [0.3, 0.4) is 0 Å². The van der Waals surface area contributed by atoms with Gasteiger partial charge in [0.2, 0.25) is 0 Å². The number of rotatable bonds is 0. The fraction of sp³-hybridized carbons (Fsp3) is 0.769. The van der Waals surface area contributed by atoms with Crippen molar-refractivity contribution in [1.82, 2.24) is 9.78 Å². The molecule has 0 aliphatic carbocycles. The van der Waals surface area contributed by atoms with E-state index in [2.05, 4.69) is 32.8 Å². The summed E-state index contributed by atoms with van der Waals surface area (Å²) >= 11 is 0. The number of hydrogen-bond donors (Lipinski definition) is 0. The second-order valence-electron chi connectivity index (χ2n) is 2.74. The lowest BCUT2D eigenvalue weighted by atomic mass is 10.3. The van der Waals surface area contributed by atoms with Crippen molar-refractivity contribution >= 4 is 0 Å². The van der Waals surface area contributed by atoms with Crippen LogP contribution in [0.2, 0.25) is 0 Å². The van der Waals surface area contributed by atoms with E-state index >= 15 is 0 Å². The molecular weight excluding hydrogens is 184 g/mol. The Bertz CT molecular complexity index is 183. The number of aryl methyl sites for hydroxylation is 2. The van der Waals surface area contributed by atoms with Crippen molar-refractivity contribution in [3.05, 3.63) is 17.5 Å². The largest absolute Gasteiger partial charge is 0.273 e. The van der Waals surface area contributed by atoms with E-state index in [4.69, 9.17) is 0 Å². The second kappa shape index (κ2) is 15.7. The molecule has 2 nitrogen and oxygen atoms in total. The molecule has 0 amide bonds. The van der Waals surface area contributed by atoms with E-state index in [9.17, 15) is 0 Å². The van der Waals surface area contributed by atoms with Crippen LogP contribution in [0.1, 0.15) is 59.2 Å². The molecule has 0 bridgehead atoms. The maximum Gasteiger partial charge on any atom is 0.0521 e. The first-order valence-corrected chi connectivity index (χ1v) is 6.08. The van der Waals surface area contributed by atoms with Gasteiger partial charge in [0.1, 0.15) is 0 Å². The Labute approximate surface area is 96.7 Å². The van der Waals surface area contributed by atoms with Gasteiger partial charge in [-0.1, -0.05) is 48.0 Å². The molecule has 0 aliphatic heterocycles. The molecule has 0 unspecified atom stereocenters. The Balaban J connectivity index is -0.000000176. The topological polar surface area (TPSA) is 17.8 Å². The molecule has 0 aliphatic rings. The molecule has 0 saturated carbocycles. The van der Waals surface area contributed by atoms with Gasteiger partial charge in [0.05, 0.1) is 6.20 Å². The van der Waals surface area contributed by atoms with Gasteiger partial charge >= 0.3 is 0 Å². The highest BCUT2D eigenvalue weighted by atomic mass is 15.3. The zero-order chi connectivity index (χ0) is 12.9. The van der Waals surface area contributed by atoms with Crippen molar-refractivity contribution in [3.63, 3.8) is 0 Å². The Kier molecular flexibility index (Phi) is 20.6. The highest BCUT2D eigenvalue weighted by Gasteiger charge is 1.93. The Morgan fingerprint density at radius 3 is 1.47 bits per heavy atom. The third-order valence-electron chi connectivity index (χ3n) is 1.48. The third kappa shape index (κ3) is 11.1. The highest BCUT2D eigenvalue weighted by Crippen LogP contribution is 2.00. The minimum absolute atomic E-state index is 1.24. The molecule has 0 fully saturated rings. The van der Waals surface area contributed by atoms with Gasteiger partial charge in [-0.25, -0.2) is 0 Å². The summed E-state index contributed by atoms with van der Waals surface area (Å²) in [5.41, 5.74) is 2.50. The first-order valence-electron chi connectivity index (χ1n) is 6.08. The monoisotopic (exact) mass is 214 g/mol. The molecule has 0 N–H and O–H groups in total. The van der Waals surface area contributed by atoms with Crippen LogP contribution in [0.5, 0.6) is 0 Å². The van der Waals surface area contributed by atoms with Crippen molar-refractivity contribution in [2.75, 3.05) is 0 Å².